The molecule has 0 unspecified atom stereocenters. The highest BCUT2D eigenvalue weighted by atomic mass is 19.4. The van der Waals surface area contributed by atoms with Gasteiger partial charge in [-0.15, -0.1) is 0 Å². The van der Waals surface area contributed by atoms with Crippen molar-refractivity contribution in [2.24, 2.45) is 0 Å². The Kier molecular flexibility index (Phi) is 6.86. The number of carbonyl (C=O) groups is 1. The summed E-state index contributed by atoms with van der Waals surface area (Å²) in [6.07, 6.45) is -2.15. The van der Waals surface area contributed by atoms with Crippen molar-refractivity contribution in [3.63, 3.8) is 0 Å². The van der Waals surface area contributed by atoms with Gasteiger partial charge in [-0.2, -0.15) is 13.2 Å². The van der Waals surface area contributed by atoms with Crippen LogP contribution in [-0.4, -0.2) is 34.6 Å². The van der Waals surface area contributed by atoms with E-state index in [0.29, 0.717) is 23.5 Å². The Morgan fingerprint density at radius 1 is 1.09 bits per heavy atom. The number of carbonyl (C=O) groups excluding carboxylic acids is 1. The molecule has 2 aromatic heterocycles. The first kappa shape index (κ1) is 22.9. The Hall–Kier alpha value is -3.76. The summed E-state index contributed by atoms with van der Waals surface area (Å²) in [5, 5.41) is 3.01. The molecule has 0 atom stereocenters. The lowest BCUT2D eigenvalue weighted by Crippen LogP contribution is -2.13. The van der Waals surface area contributed by atoms with Gasteiger partial charge in [-0.3, -0.25) is 4.98 Å². The van der Waals surface area contributed by atoms with E-state index in [-0.39, 0.29) is 23.6 Å². The number of pyridine rings is 1. The molecule has 0 saturated carbocycles. The summed E-state index contributed by atoms with van der Waals surface area (Å²) in [5.41, 5.74) is -0.120. The van der Waals surface area contributed by atoms with Gasteiger partial charge in [0.25, 0.3) is 0 Å². The number of hydrogen-bond acceptors (Lipinski definition) is 7. The quantitative estimate of drug-likeness (QED) is 0.417. The number of halogens is 4. The van der Waals surface area contributed by atoms with Gasteiger partial charge < -0.3 is 14.8 Å². The molecular weight excluding hydrogens is 432 g/mol. The zero-order chi connectivity index (χ0) is 23.3. The van der Waals surface area contributed by atoms with Gasteiger partial charge >= 0.3 is 12.1 Å². The monoisotopic (exact) mass is 450 g/mol. The number of benzene rings is 1. The van der Waals surface area contributed by atoms with Crippen LogP contribution >= 0.6 is 0 Å². The van der Waals surface area contributed by atoms with Crippen LogP contribution in [0.25, 0.3) is 0 Å². The maximum atomic E-state index is 14.5. The molecule has 0 radical (unpaired) electrons. The zero-order valence-corrected chi connectivity index (χ0v) is 17.0. The van der Waals surface area contributed by atoms with E-state index in [2.05, 4.69) is 25.0 Å². The number of rotatable bonds is 7. The van der Waals surface area contributed by atoms with Gasteiger partial charge in [-0.05, 0) is 31.0 Å². The van der Waals surface area contributed by atoms with Crippen molar-refractivity contribution in [2.45, 2.75) is 19.5 Å². The normalized spacial score (nSPS) is 11.2. The van der Waals surface area contributed by atoms with Gasteiger partial charge in [-0.1, -0.05) is 6.07 Å². The highest BCUT2D eigenvalue weighted by Gasteiger charge is 2.32. The summed E-state index contributed by atoms with van der Waals surface area (Å²) < 4.78 is 62.7. The summed E-state index contributed by atoms with van der Waals surface area (Å²) in [5.74, 6) is -0.816. The Bertz CT molecular complexity index is 1120. The molecule has 0 aliphatic heterocycles. The van der Waals surface area contributed by atoms with Gasteiger partial charge in [0.2, 0.25) is 0 Å². The highest BCUT2D eigenvalue weighted by Crippen LogP contribution is 2.31. The first-order valence-electron chi connectivity index (χ1n) is 9.32. The molecule has 7 nitrogen and oxygen atoms in total. The predicted molar refractivity (Wildman–Crippen MR) is 106 cm³/mol. The van der Waals surface area contributed by atoms with Gasteiger partial charge in [0.15, 0.2) is 5.69 Å². The molecule has 2 heterocycles. The number of ether oxygens (including phenoxy) is 2. The second-order valence-corrected chi connectivity index (χ2v) is 6.59. The number of hydrogen-bond donors (Lipinski definition) is 1. The topological polar surface area (TPSA) is 86.2 Å². The van der Waals surface area contributed by atoms with E-state index in [1.165, 1.54) is 31.6 Å². The van der Waals surface area contributed by atoms with Crippen LogP contribution in [0.2, 0.25) is 0 Å². The van der Waals surface area contributed by atoms with Crippen LogP contribution in [0.4, 0.5) is 23.4 Å². The molecule has 1 N–H and O–H groups in total. The summed E-state index contributed by atoms with van der Waals surface area (Å²) >= 11 is 0. The van der Waals surface area contributed by atoms with Crippen molar-refractivity contribution >= 4 is 11.8 Å². The molecular formula is C21H18F4N4O3. The summed E-state index contributed by atoms with van der Waals surface area (Å²) in [6.45, 7) is 1.96. The Morgan fingerprint density at radius 2 is 1.84 bits per heavy atom. The van der Waals surface area contributed by atoms with Gasteiger partial charge in [0.05, 0.1) is 7.11 Å². The number of methoxy groups -OCH3 is 1. The number of anilines is 1. The van der Waals surface area contributed by atoms with Crippen LogP contribution in [-0.2, 0) is 17.3 Å². The lowest BCUT2D eigenvalue weighted by molar-refractivity contribution is -0.141. The molecule has 1 aromatic carbocycles. The molecule has 3 aromatic rings. The third-order valence-electron chi connectivity index (χ3n) is 4.43. The molecule has 168 valence electrons. The fraction of sp³-hybridized carbons (Fsp3) is 0.238. The van der Waals surface area contributed by atoms with E-state index < -0.39 is 23.7 Å². The minimum absolute atomic E-state index is 0.0490. The van der Waals surface area contributed by atoms with E-state index >= 15 is 0 Å². The molecule has 0 spiro atoms. The smallest absolute Gasteiger partial charge is 0.433 e. The predicted octanol–water partition coefficient (Wildman–Crippen LogP) is 4.57. The second-order valence-electron chi connectivity index (χ2n) is 6.59. The van der Waals surface area contributed by atoms with Crippen LogP contribution in [0.15, 0.2) is 42.9 Å². The number of nitrogens with zero attached hydrogens (tertiary/aromatic N) is 3. The summed E-state index contributed by atoms with van der Waals surface area (Å²) in [7, 11) is 1.25. The second kappa shape index (κ2) is 9.58. The van der Waals surface area contributed by atoms with Crippen LogP contribution in [0.1, 0.15) is 27.3 Å². The van der Waals surface area contributed by atoms with E-state index in [1.54, 1.807) is 6.92 Å². The third-order valence-corrected chi connectivity index (χ3v) is 4.43. The fourth-order valence-electron chi connectivity index (χ4n) is 2.81. The summed E-state index contributed by atoms with van der Waals surface area (Å²) in [6, 6.07) is 6.01. The maximum Gasteiger partial charge on any atom is 0.433 e. The Balaban J connectivity index is 1.64. The number of aromatic nitrogens is 3. The van der Waals surface area contributed by atoms with E-state index in [1.807, 2.05) is 0 Å². The van der Waals surface area contributed by atoms with Crippen LogP contribution in [0.5, 0.6) is 11.5 Å². The molecule has 3 rings (SSSR count). The Labute approximate surface area is 180 Å². The van der Waals surface area contributed by atoms with E-state index in [9.17, 15) is 22.4 Å². The van der Waals surface area contributed by atoms with Gasteiger partial charge in [0, 0.05) is 30.4 Å². The van der Waals surface area contributed by atoms with Crippen molar-refractivity contribution in [1.29, 1.82) is 0 Å². The van der Waals surface area contributed by atoms with Crippen LogP contribution in [0, 0.1) is 12.7 Å². The first-order chi connectivity index (χ1) is 15.2. The van der Waals surface area contributed by atoms with Crippen LogP contribution in [0.3, 0.4) is 0 Å². The zero-order valence-electron chi connectivity index (χ0n) is 17.0. The molecule has 0 fully saturated rings. The van der Waals surface area contributed by atoms with Crippen molar-refractivity contribution in [2.75, 3.05) is 19.0 Å². The van der Waals surface area contributed by atoms with Crippen molar-refractivity contribution in [3.05, 3.63) is 71.2 Å². The largest absolute Gasteiger partial charge is 0.464 e. The van der Waals surface area contributed by atoms with Crippen molar-refractivity contribution < 1.29 is 31.8 Å². The minimum atomic E-state index is -4.61. The first-order valence-corrected chi connectivity index (χ1v) is 9.32. The molecule has 0 aliphatic rings. The lowest BCUT2D eigenvalue weighted by Gasteiger charge is -2.12. The standard InChI is InChI=1S/C21H18F4N4O3/c1-12-18(20(30)31-2)28-11-29-19(12)27-7-5-13-3-4-14(9-16(13)22)32-15-6-8-26-17(10-15)21(23,24)25/h3-4,6,8-11H,5,7H2,1-2H3,(H,27,28,29). The third kappa shape index (κ3) is 5.48. The molecule has 0 saturated heterocycles. The van der Waals surface area contributed by atoms with E-state index in [0.717, 1.165) is 18.3 Å². The van der Waals surface area contributed by atoms with Gasteiger partial charge in [0.1, 0.15) is 35.2 Å². The van der Waals surface area contributed by atoms with Gasteiger partial charge in [-0.25, -0.2) is 19.2 Å². The number of nitrogens with one attached hydrogen (secondary N) is 1. The average molecular weight is 450 g/mol. The molecule has 0 aliphatic carbocycles. The van der Waals surface area contributed by atoms with Crippen molar-refractivity contribution in [3.8, 4) is 11.5 Å². The van der Waals surface area contributed by atoms with Crippen molar-refractivity contribution in [1.82, 2.24) is 15.0 Å². The lowest BCUT2D eigenvalue weighted by atomic mass is 10.1. The molecule has 0 bridgehead atoms. The maximum absolute atomic E-state index is 14.5. The molecule has 32 heavy (non-hydrogen) atoms. The highest BCUT2D eigenvalue weighted by molar-refractivity contribution is 5.89. The molecule has 11 heteroatoms. The minimum Gasteiger partial charge on any atom is -0.464 e. The number of esters is 1. The number of alkyl halides is 3. The van der Waals surface area contributed by atoms with E-state index in [4.69, 9.17) is 4.74 Å². The van der Waals surface area contributed by atoms with Crippen LogP contribution < -0.4 is 10.1 Å². The summed E-state index contributed by atoms with van der Waals surface area (Å²) in [4.78, 5) is 22.9. The Morgan fingerprint density at radius 3 is 2.53 bits per heavy atom. The fourth-order valence-corrected chi connectivity index (χ4v) is 2.81. The average Bonchev–Trinajstić information content (AvgIpc) is 2.75. The SMILES string of the molecule is COC(=O)c1ncnc(NCCc2ccc(Oc3ccnc(C(F)(F)F)c3)cc2F)c1C. The molecule has 0 amide bonds.